The summed E-state index contributed by atoms with van der Waals surface area (Å²) in [5, 5.41) is 11.0. The van der Waals surface area contributed by atoms with E-state index in [9.17, 15) is 19.7 Å². The van der Waals surface area contributed by atoms with Crippen molar-refractivity contribution in [2.24, 2.45) is 0 Å². The molecule has 1 saturated heterocycles. The minimum absolute atomic E-state index is 0.0868. The fraction of sp³-hybridized carbons (Fsp3) is 0.0741. The fourth-order valence-electron chi connectivity index (χ4n) is 4.95. The molecule has 0 spiro atoms. The van der Waals surface area contributed by atoms with Gasteiger partial charge in [-0.05, 0) is 36.4 Å². The smallest absolute Gasteiger partial charge is 0.345 e. The summed E-state index contributed by atoms with van der Waals surface area (Å²) in [6.45, 7) is 0. The van der Waals surface area contributed by atoms with Crippen molar-refractivity contribution in [3.8, 4) is 11.3 Å². The quantitative estimate of drug-likeness (QED) is 0.0898. The van der Waals surface area contributed by atoms with Crippen molar-refractivity contribution in [2.45, 2.75) is 11.4 Å². The van der Waals surface area contributed by atoms with Crippen LogP contribution in [0.1, 0.15) is 10.9 Å². The molecular formula is C27H15ClN4O5S. The van der Waals surface area contributed by atoms with Gasteiger partial charge in [-0.25, -0.2) is 9.78 Å². The van der Waals surface area contributed by atoms with Gasteiger partial charge in [0.2, 0.25) is 5.91 Å². The normalized spacial score (nSPS) is 17.4. The van der Waals surface area contributed by atoms with Crippen molar-refractivity contribution in [1.82, 2.24) is 9.38 Å². The number of rotatable bonds is 4. The van der Waals surface area contributed by atoms with Crippen LogP contribution in [0.15, 0.2) is 88.1 Å². The number of anilines is 1. The zero-order chi connectivity index (χ0) is 26.1. The molecule has 0 radical (unpaired) electrons. The van der Waals surface area contributed by atoms with Crippen LogP contribution >= 0.6 is 22.9 Å². The number of hydrogen-bond donors (Lipinski definition) is 0. The van der Waals surface area contributed by atoms with E-state index in [-0.39, 0.29) is 11.6 Å². The highest BCUT2D eigenvalue weighted by Crippen LogP contribution is 2.49. The first-order valence-corrected chi connectivity index (χ1v) is 12.8. The van der Waals surface area contributed by atoms with Crippen LogP contribution in [0.3, 0.4) is 0 Å². The van der Waals surface area contributed by atoms with E-state index in [0.717, 1.165) is 16.4 Å². The van der Waals surface area contributed by atoms with Crippen LogP contribution in [0.5, 0.6) is 0 Å². The number of nitrogens with zero attached hydrogens (tertiary/aromatic N) is 4. The Bertz CT molecular complexity index is 1990. The van der Waals surface area contributed by atoms with Crippen LogP contribution in [0.25, 0.3) is 38.2 Å². The number of halogens is 1. The van der Waals surface area contributed by atoms with Crippen LogP contribution in [0.2, 0.25) is 0 Å². The summed E-state index contributed by atoms with van der Waals surface area (Å²) in [4.78, 5) is 44.5. The van der Waals surface area contributed by atoms with Gasteiger partial charge in [-0.15, -0.1) is 11.6 Å². The van der Waals surface area contributed by atoms with Crippen LogP contribution in [-0.4, -0.2) is 25.6 Å². The molecule has 2 atom stereocenters. The lowest BCUT2D eigenvalue weighted by molar-refractivity contribution is -0.384. The van der Waals surface area contributed by atoms with E-state index < -0.39 is 22.0 Å². The molecule has 0 N–H and O–H groups in total. The molecule has 0 saturated carbocycles. The number of β-lactam (4-membered cyclic amide) rings is 1. The molecule has 9 nitrogen and oxygen atoms in total. The second-order valence-electron chi connectivity index (χ2n) is 8.85. The maximum Gasteiger partial charge on any atom is 0.345 e. The van der Waals surface area contributed by atoms with Crippen LogP contribution < -0.4 is 10.5 Å². The average molecular weight is 543 g/mol. The molecule has 3 aromatic heterocycles. The predicted octanol–water partition coefficient (Wildman–Crippen LogP) is 5.93. The number of fused-ring (bicyclic) bond motifs is 4. The van der Waals surface area contributed by atoms with E-state index in [1.807, 2.05) is 40.8 Å². The highest BCUT2D eigenvalue weighted by Gasteiger charge is 2.50. The number of carbonyl (C=O) groups excluding carboxylic acids is 1. The highest BCUT2D eigenvalue weighted by atomic mass is 35.5. The van der Waals surface area contributed by atoms with Crippen molar-refractivity contribution in [1.29, 1.82) is 0 Å². The maximum atomic E-state index is 13.3. The Kier molecular flexibility index (Phi) is 4.91. The van der Waals surface area contributed by atoms with E-state index in [1.54, 1.807) is 18.2 Å². The van der Waals surface area contributed by atoms with E-state index in [0.29, 0.717) is 32.4 Å². The molecule has 3 aromatic carbocycles. The number of para-hydroxylation sites is 3. The molecule has 4 heterocycles. The Morgan fingerprint density at radius 3 is 2.53 bits per heavy atom. The first-order valence-electron chi connectivity index (χ1n) is 11.6. The SMILES string of the molecule is O=C1C(Cl)C(c2sc3nc4ccccc4n3c2-c2cc3ccccc3oc2=O)N1c1ccc([N+](=O)[O-])cc1. The molecule has 0 bridgehead atoms. The standard InChI is InChI=1S/C27H15ClN4O5S/c28-21-23(30(25(21)33)15-9-11-16(12-10-15)32(35)36)24-22(17-13-14-5-1-4-8-20(14)37-26(17)34)31-19-7-3-2-6-18(19)29-27(31)38-24/h1-13,21,23H. The largest absolute Gasteiger partial charge is 0.422 e. The van der Waals surface area contributed by atoms with E-state index >= 15 is 0 Å². The molecule has 1 aliphatic heterocycles. The Morgan fingerprint density at radius 1 is 1.00 bits per heavy atom. The molecule has 38 heavy (non-hydrogen) atoms. The summed E-state index contributed by atoms with van der Waals surface area (Å²) in [5.41, 5.74) is 2.74. The summed E-state index contributed by atoms with van der Waals surface area (Å²) in [6.07, 6.45) is 0. The van der Waals surface area contributed by atoms with Gasteiger partial charge in [0.15, 0.2) is 4.96 Å². The van der Waals surface area contributed by atoms with E-state index in [4.69, 9.17) is 21.0 Å². The fourth-order valence-corrected chi connectivity index (χ4v) is 6.65. The zero-order valence-electron chi connectivity index (χ0n) is 19.3. The lowest BCUT2D eigenvalue weighted by atomic mass is 9.95. The first-order chi connectivity index (χ1) is 18.4. The summed E-state index contributed by atoms with van der Waals surface area (Å²) < 4.78 is 7.57. The van der Waals surface area contributed by atoms with Crippen molar-refractivity contribution in [3.63, 3.8) is 0 Å². The molecule has 1 aliphatic rings. The van der Waals surface area contributed by atoms with Gasteiger partial charge in [-0.3, -0.25) is 19.3 Å². The van der Waals surface area contributed by atoms with Gasteiger partial charge in [-0.2, -0.15) is 0 Å². The van der Waals surface area contributed by atoms with Crippen LogP contribution in [0, 0.1) is 10.1 Å². The molecule has 186 valence electrons. The molecule has 6 aromatic rings. The number of benzene rings is 3. The third-order valence-corrected chi connectivity index (χ3v) is 8.26. The second-order valence-corrected chi connectivity index (χ2v) is 10.3. The lowest BCUT2D eigenvalue weighted by Crippen LogP contribution is -2.56. The number of alkyl halides is 1. The molecule has 0 aliphatic carbocycles. The first kappa shape index (κ1) is 22.6. The Labute approximate surface area is 222 Å². The lowest BCUT2D eigenvalue weighted by Gasteiger charge is -2.44. The molecule has 1 fully saturated rings. The summed E-state index contributed by atoms with van der Waals surface area (Å²) >= 11 is 7.95. The van der Waals surface area contributed by atoms with Crippen LogP contribution in [-0.2, 0) is 4.79 Å². The van der Waals surface area contributed by atoms with Gasteiger partial charge < -0.3 is 9.32 Å². The molecular weight excluding hydrogens is 528 g/mol. The number of non-ortho nitro benzene ring substituents is 1. The topological polar surface area (TPSA) is 111 Å². The second kappa shape index (κ2) is 8.23. The number of nitro benzene ring substituents is 1. The maximum absolute atomic E-state index is 13.3. The van der Waals surface area contributed by atoms with Gasteiger partial charge in [0.25, 0.3) is 5.69 Å². The molecule has 2 unspecified atom stereocenters. The van der Waals surface area contributed by atoms with Gasteiger partial charge >= 0.3 is 5.63 Å². The van der Waals surface area contributed by atoms with Crippen LogP contribution in [0.4, 0.5) is 11.4 Å². The summed E-state index contributed by atoms with van der Waals surface area (Å²) in [7, 11) is 0. The molecule has 7 rings (SSSR count). The van der Waals surface area contributed by atoms with E-state index in [1.165, 1.54) is 40.5 Å². The zero-order valence-corrected chi connectivity index (χ0v) is 20.8. The third kappa shape index (κ3) is 3.20. The van der Waals surface area contributed by atoms with Gasteiger partial charge in [-0.1, -0.05) is 41.7 Å². The molecule has 1 amide bonds. The number of hydrogen-bond acceptors (Lipinski definition) is 7. The molecule has 11 heteroatoms. The van der Waals surface area contributed by atoms with Gasteiger partial charge in [0.1, 0.15) is 11.0 Å². The minimum Gasteiger partial charge on any atom is -0.422 e. The Morgan fingerprint density at radius 2 is 1.74 bits per heavy atom. The average Bonchev–Trinajstić information content (AvgIpc) is 3.46. The van der Waals surface area contributed by atoms with Crippen molar-refractivity contribution < 1.29 is 14.1 Å². The Hall–Kier alpha value is -4.54. The monoisotopic (exact) mass is 542 g/mol. The van der Waals surface area contributed by atoms with Gasteiger partial charge in [0.05, 0.1) is 38.1 Å². The van der Waals surface area contributed by atoms with Gasteiger partial charge in [0, 0.05) is 23.2 Å². The number of aromatic nitrogens is 2. The number of thiazole rings is 1. The number of nitro groups is 1. The minimum atomic E-state index is -0.897. The van der Waals surface area contributed by atoms with Crippen molar-refractivity contribution >= 4 is 67.2 Å². The number of amides is 1. The highest BCUT2D eigenvalue weighted by molar-refractivity contribution is 7.17. The van der Waals surface area contributed by atoms with Crippen molar-refractivity contribution in [3.05, 3.63) is 104 Å². The summed E-state index contributed by atoms with van der Waals surface area (Å²) in [6, 6.07) is 21.7. The number of imidazole rings is 1. The summed E-state index contributed by atoms with van der Waals surface area (Å²) in [5.74, 6) is -0.335. The van der Waals surface area contributed by atoms with Crippen molar-refractivity contribution in [2.75, 3.05) is 4.90 Å². The number of carbonyl (C=O) groups is 1. The predicted molar refractivity (Wildman–Crippen MR) is 145 cm³/mol. The third-order valence-electron chi connectivity index (χ3n) is 6.72. The Balaban J connectivity index is 1.49. The van der Waals surface area contributed by atoms with E-state index in [2.05, 4.69) is 0 Å².